The molecule has 0 aliphatic carbocycles. The van der Waals surface area contributed by atoms with Gasteiger partial charge in [-0.1, -0.05) is 330 Å². The molecule has 19 heteroatoms. The van der Waals surface area contributed by atoms with Crippen molar-refractivity contribution in [1.82, 2.24) is 0 Å². The van der Waals surface area contributed by atoms with Crippen LogP contribution in [0.4, 0.5) is 0 Å². The highest BCUT2D eigenvalue weighted by Crippen LogP contribution is 2.45. The van der Waals surface area contributed by atoms with Crippen LogP contribution in [0.2, 0.25) is 0 Å². The maximum Gasteiger partial charge on any atom is 0.472 e. The van der Waals surface area contributed by atoms with Gasteiger partial charge in [0.05, 0.1) is 26.4 Å². The quantitative estimate of drug-likeness (QED) is 0.0222. The number of phosphoric acid groups is 2. The first-order valence-electron chi connectivity index (χ1n) is 38.6. The van der Waals surface area contributed by atoms with Gasteiger partial charge in [0.15, 0.2) is 12.2 Å². The Hall–Kier alpha value is -1.94. The molecule has 0 aliphatic heterocycles. The van der Waals surface area contributed by atoms with Gasteiger partial charge in [0.1, 0.15) is 19.3 Å². The van der Waals surface area contributed by atoms with Gasteiger partial charge in [-0.15, -0.1) is 0 Å². The second-order valence-corrected chi connectivity index (χ2v) is 30.1. The van der Waals surface area contributed by atoms with Crippen molar-refractivity contribution >= 4 is 39.5 Å². The van der Waals surface area contributed by atoms with Crippen LogP contribution >= 0.6 is 15.6 Å². The molecule has 4 unspecified atom stereocenters. The molecule has 0 heterocycles. The molecular formula is C74H144O17P2. The van der Waals surface area contributed by atoms with Crippen molar-refractivity contribution in [3.63, 3.8) is 0 Å². The summed E-state index contributed by atoms with van der Waals surface area (Å²) in [5.41, 5.74) is 0. The lowest BCUT2D eigenvalue weighted by atomic mass is 9.99. The van der Waals surface area contributed by atoms with Crippen molar-refractivity contribution in [2.45, 2.75) is 400 Å². The Morgan fingerprint density at radius 1 is 0.301 bits per heavy atom. The van der Waals surface area contributed by atoms with Gasteiger partial charge in [-0.2, -0.15) is 0 Å². The first-order valence-corrected chi connectivity index (χ1v) is 41.6. The summed E-state index contributed by atoms with van der Waals surface area (Å²) in [4.78, 5) is 72.6. The maximum absolute atomic E-state index is 13.1. The summed E-state index contributed by atoms with van der Waals surface area (Å²) in [5, 5.41) is 10.6. The fraction of sp³-hybridized carbons (Fsp3) is 0.946. The van der Waals surface area contributed by atoms with Crippen LogP contribution in [0.15, 0.2) is 0 Å². The molecule has 0 aliphatic rings. The zero-order valence-corrected chi connectivity index (χ0v) is 62.3. The monoisotopic (exact) mass is 1370 g/mol. The van der Waals surface area contributed by atoms with Crippen molar-refractivity contribution in [2.24, 2.45) is 11.8 Å². The van der Waals surface area contributed by atoms with Crippen molar-refractivity contribution in [1.29, 1.82) is 0 Å². The van der Waals surface area contributed by atoms with Crippen molar-refractivity contribution in [3.05, 3.63) is 0 Å². The summed E-state index contributed by atoms with van der Waals surface area (Å²) in [6.45, 7) is 9.51. The Kier molecular flexibility index (Phi) is 64.6. The number of unbranched alkanes of at least 4 members (excludes halogenated alkanes) is 41. The van der Waals surface area contributed by atoms with Gasteiger partial charge in [0, 0.05) is 25.7 Å². The molecule has 93 heavy (non-hydrogen) atoms. The largest absolute Gasteiger partial charge is 0.472 e. The van der Waals surface area contributed by atoms with Gasteiger partial charge in [-0.05, 0) is 37.5 Å². The number of rotatable bonds is 73. The van der Waals surface area contributed by atoms with E-state index >= 15 is 0 Å². The molecule has 0 rings (SSSR count). The number of carbonyl (C=O) groups excluding carboxylic acids is 4. The fourth-order valence-electron chi connectivity index (χ4n) is 11.2. The second-order valence-electron chi connectivity index (χ2n) is 27.2. The Morgan fingerprint density at radius 3 is 0.763 bits per heavy atom. The number of esters is 4. The topological polar surface area (TPSA) is 237 Å². The van der Waals surface area contributed by atoms with Crippen LogP contribution in [0, 0.1) is 11.8 Å². The predicted molar refractivity (Wildman–Crippen MR) is 377 cm³/mol. The van der Waals surface area contributed by atoms with Gasteiger partial charge in [-0.25, -0.2) is 9.13 Å². The Morgan fingerprint density at radius 2 is 0.516 bits per heavy atom. The number of carbonyl (C=O) groups is 4. The minimum Gasteiger partial charge on any atom is -0.462 e. The number of aliphatic hydroxyl groups excluding tert-OH is 1. The zero-order valence-electron chi connectivity index (χ0n) is 60.6. The molecule has 0 saturated heterocycles. The van der Waals surface area contributed by atoms with Crippen LogP contribution in [0.1, 0.15) is 382 Å². The minimum atomic E-state index is -4.95. The first kappa shape index (κ1) is 91.1. The van der Waals surface area contributed by atoms with Crippen LogP contribution in [-0.2, 0) is 65.4 Å². The van der Waals surface area contributed by atoms with E-state index in [1.165, 1.54) is 199 Å². The van der Waals surface area contributed by atoms with E-state index in [0.29, 0.717) is 25.7 Å². The Labute approximate surface area is 568 Å². The number of aliphatic hydroxyl groups is 1. The third-order valence-corrected chi connectivity index (χ3v) is 19.8. The highest BCUT2D eigenvalue weighted by molar-refractivity contribution is 7.47. The summed E-state index contributed by atoms with van der Waals surface area (Å²) in [6, 6.07) is 0. The van der Waals surface area contributed by atoms with E-state index in [2.05, 4.69) is 41.5 Å². The van der Waals surface area contributed by atoms with E-state index in [4.69, 9.17) is 37.0 Å². The lowest BCUT2D eigenvalue weighted by molar-refractivity contribution is -0.161. The highest BCUT2D eigenvalue weighted by atomic mass is 31.2. The molecule has 7 atom stereocenters. The van der Waals surface area contributed by atoms with Crippen LogP contribution in [0.25, 0.3) is 0 Å². The van der Waals surface area contributed by atoms with Crippen molar-refractivity contribution in [3.8, 4) is 0 Å². The summed E-state index contributed by atoms with van der Waals surface area (Å²) in [7, 11) is -9.90. The van der Waals surface area contributed by atoms with Crippen LogP contribution in [0.3, 0.4) is 0 Å². The Bertz CT molecular complexity index is 1810. The molecule has 3 N–H and O–H groups in total. The second kappa shape index (κ2) is 66.0. The van der Waals surface area contributed by atoms with E-state index in [0.717, 1.165) is 102 Å². The fourth-order valence-corrected chi connectivity index (χ4v) is 12.8. The SMILES string of the molecule is CCCCCCCCCCCCCCCCCCCCCCCCC(=O)O[C@H](COC(=O)CCCCCCCCCCC(C)CC)COP(=O)(O)OC[C@@H](O)COP(=O)(O)OC[C@@H](COC(=O)CCCCCCCCCCC)OC(=O)CCCCCCCCC(C)CC. The van der Waals surface area contributed by atoms with Crippen molar-refractivity contribution in [2.75, 3.05) is 39.6 Å². The molecule has 0 aromatic rings. The molecule has 0 saturated carbocycles. The van der Waals surface area contributed by atoms with Gasteiger partial charge >= 0.3 is 39.5 Å². The number of hydrogen-bond donors (Lipinski definition) is 3. The van der Waals surface area contributed by atoms with E-state index < -0.39 is 97.5 Å². The molecule has 0 radical (unpaired) electrons. The number of hydrogen-bond acceptors (Lipinski definition) is 15. The van der Waals surface area contributed by atoms with Crippen molar-refractivity contribution < 1.29 is 80.2 Å². The van der Waals surface area contributed by atoms with Gasteiger partial charge in [0.2, 0.25) is 0 Å². The normalized spacial score (nSPS) is 14.6. The van der Waals surface area contributed by atoms with Gasteiger partial charge in [0.25, 0.3) is 0 Å². The standard InChI is InChI=1S/C74H144O17P2/c1-7-11-13-15-17-19-20-21-22-23-24-25-26-27-28-29-30-31-33-39-46-52-58-73(78)90-69(62-85-72(77)57-51-45-38-35-34-36-42-48-54-66(5)9-3)64-88-92(80,81)86-60-68(75)61-87-93(82,83)89-65-70(63-84-71(76)56-50-44-37-32-18-16-14-12-8-2)91-74(79)59-53-47-41-40-43-49-55-67(6)10-4/h66-70,75H,7-65H2,1-6H3,(H,80,81)(H,82,83)/t66?,67?,68-,69-,70-/m1/s1. The van der Waals surface area contributed by atoms with Crippen LogP contribution in [0.5, 0.6) is 0 Å². The summed E-state index contributed by atoms with van der Waals surface area (Å²) >= 11 is 0. The van der Waals surface area contributed by atoms with Crippen LogP contribution < -0.4 is 0 Å². The molecule has 552 valence electrons. The maximum atomic E-state index is 13.1. The van der Waals surface area contributed by atoms with E-state index in [9.17, 15) is 43.2 Å². The number of phosphoric ester groups is 2. The molecule has 0 aromatic carbocycles. The summed E-state index contributed by atoms with van der Waals surface area (Å²) in [6.07, 6.45) is 53.0. The zero-order chi connectivity index (χ0) is 68.6. The lowest BCUT2D eigenvalue weighted by Gasteiger charge is -2.21. The smallest absolute Gasteiger partial charge is 0.462 e. The first-order chi connectivity index (χ1) is 44.9. The molecule has 0 bridgehead atoms. The average Bonchev–Trinajstić information content (AvgIpc) is 1.90. The molecule has 0 aromatic heterocycles. The van der Waals surface area contributed by atoms with E-state index in [1.807, 2.05) is 0 Å². The third kappa shape index (κ3) is 65.8. The molecule has 0 fully saturated rings. The lowest BCUT2D eigenvalue weighted by Crippen LogP contribution is -2.30. The van der Waals surface area contributed by atoms with Gasteiger partial charge < -0.3 is 33.8 Å². The molecular weight excluding hydrogens is 1220 g/mol. The van der Waals surface area contributed by atoms with Crippen LogP contribution in [-0.4, -0.2) is 96.7 Å². The average molecular weight is 1370 g/mol. The minimum absolute atomic E-state index is 0.103. The molecule has 17 nitrogen and oxygen atoms in total. The summed E-state index contributed by atoms with van der Waals surface area (Å²) < 4.78 is 68.3. The molecule has 0 amide bonds. The van der Waals surface area contributed by atoms with E-state index in [-0.39, 0.29) is 25.7 Å². The third-order valence-electron chi connectivity index (χ3n) is 17.9. The van der Waals surface area contributed by atoms with E-state index in [1.54, 1.807) is 0 Å². The Balaban J connectivity index is 5.16. The number of ether oxygens (including phenoxy) is 4. The summed E-state index contributed by atoms with van der Waals surface area (Å²) in [5.74, 6) is -0.628. The predicted octanol–water partition coefficient (Wildman–Crippen LogP) is 21.6. The molecule has 0 spiro atoms. The van der Waals surface area contributed by atoms with Gasteiger partial charge in [-0.3, -0.25) is 37.3 Å². The highest BCUT2D eigenvalue weighted by Gasteiger charge is 2.30.